The van der Waals surface area contributed by atoms with Crippen molar-refractivity contribution in [1.82, 2.24) is 0 Å². The molecule has 0 fully saturated rings. The minimum Gasteiger partial charge on any atom is -0.0656 e. The second kappa shape index (κ2) is 2.88. The van der Waals surface area contributed by atoms with Crippen molar-refractivity contribution in [2.24, 2.45) is 5.92 Å². The molecule has 0 bridgehead atoms. The summed E-state index contributed by atoms with van der Waals surface area (Å²) >= 11 is 0. The third-order valence-electron chi connectivity index (χ3n) is 2.73. The average Bonchev–Trinajstić information content (AvgIpc) is 2.15. The summed E-state index contributed by atoms with van der Waals surface area (Å²) in [6.07, 6.45) is 3.60. The molecular formula is C11H19Si. The molecule has 0 saturated carbocycles. The van der Waals surface area contributed by atoms with Gasteiger partial charge in [0, 0.05) is 5.92 Å². The van der Waals surface area contributed by atoms with Gasteiger partial charge in [-0.2, -0.15) is 0 Å². The predicted octanol–water partition coefficient (Wildman–Crippen LogP) is 3.58. The highest BCUT2D eigenvalue weighted by molar-refractivity contribution is 6.83. The molecule has 12 heavy (non-hydrogen) atoms. The maximum Gasteiger partial charge on any atom is 0.0783 e. The van der Waals surface area contributed by atoms with Gasteiger partial charge in [0.1, 0.15) is 0 Å². The molecule has 0 spiro atoms. The highest BCUT2D eigenvalue weighted by Crippen LogP contribution is 2.34. The van der Waals surface area contributed by atoms with E-state index in [1.54, 1.807) is 5.20 Å². The zero-order chi connectivity index (χ0) is 9.52. The molecule has 0 aromatic heterocycles. The van der Waals surface area contributed by atoms with Crippen molar-refractivity contribution in [2.45, 2.75) is 40.4 Å². The van der Waals surface area contributed by atoms with E-state index in [-0.39, 0.29) is 0 Å². The molecule has 1 rings (SSSR count). The van der Waals surface area contributed by atoms with E-state index in [4.69, 9.17) is 0 Å². The summed E-state index contributed by atoms with van der Waals surface area (Å²) in [5.41, 5.74) is 3.04. The van der Waals surface area contributed by atoms with Gasteiger partial charge in [-0.1, -0.05) is 42.9 Å². The summed E-state index contributed by atoms with van der Waals surface area (Å²) in [5.74, 6) is 0.562. The monoisotopic (exact) mass is 179 g/mol. The summed E-state index contributed by atoms with van der Waals surface area (Å²) < 4.78 is 0. The smallest absolute Gasteiger partial charge is 0.0656 e. The largest absolute Gasteiger partial charge is 0.0783 e. The van der Waals surface area contributed by atoms with Crippen LogP contribution in [0.4, 0.5) is 0 Å². The Balaban J connectivity index is 3.05. The minimum absolute atomic E-state index is 0.562. The molecule has 67 valence electrons. The van der Waals surface area contributed by atoms with Crippen LogP contribution in [0.15, 0.2) is 16.3 Å². The van der Waals surface area contributed by atoms with Gasteiger partial charge in [-0.3, -0.25) is 0 Å². The van der Waals surface area contributed by atoms with E-state index in [0.717, 1.165) is 0 Å². The molecule has 1 heteroatoms. The molecule has 0 saturated heterocycles. The third kappa shape index (κ3) is 1.56. The van der Waals surface area contributed by atoms with Crippen LogP contribution in [-0.2, 0) is 0 Å². The Kier molecular flexibility index (Phi) is 2.35. The Morgan fingerprint density at radius 3 is 1.83 bits per heavy atom. The molecule has 0 aliphatic heterocycles. The molecule has 0 amide bonds. The molecule has 1 aliphatic carbocycles. The fraction of sp³-hybridized carbons (Fsp3) is 0.636. The van der Waals surface area contributed by atoms with Gasteiger partial charge in [0.25, 0.3) is 0 Å². The summed E-state index contributed by atoms with van der Waals surface area (Å²) in [5, 5.41) is 1.55. The fourth-order valence-corrected chi connectivity index (χ4v) is 3.71. The number of allylic oxidation sites excluding steroid dienone is 4. The van der Waals surface area contributed by atoms with E-state index in [1.165, 1.54) is 11.1 Å². The second-order valence-corrected chi connectivity index (χ2v) is 9.80. The average molecular weight is 179 g/mol. The van der Waals surface area contributed by atoms with Crippen molar-refractivity contribution in [1.29, 1.82) is 0 Å². The van der Waals surface area contributed by atoms with Crippen molar-refractivity contribution >= 4 is 8.07 Å². The van der Waals surface area contributed by atoms with Crippen LogP contribution in [0, 0.1) is 12.0 Å². The predicted molar refractivity (Wildman–Crippen MR) is 57.6 cm³/mol. The van der Waals surface area contributed by atoms with Crippen LogP contribution in [0.1, 0.15) is 20.8 Å². The first-order chi connectivity index (χ1) is 5.34. The minimum atomic E-state index is -1.12. The lowest BCUT2D eigenvalue weighted by Crippen LogP contribution is -2.24. The lowest BCUT2D eigenvalue weighted by molar-refractivity contribution is 0.852. The molecular weight excluding hydrogens is 160 g/mol. The van der Waals surface area contributed by atoms with Crippen molar-refractivity contribution in [3.63, 3.8) is 0 Å². The van der Waals surface area contributed by atoms with Gasteiger partial charge < -0.3 is 0 Å². The molecule has 0 aromatic carbocycles. The zero-order valence-corrected chi connectivity index (χ0v) is 10.1. The van der Waals surface area contributed by atoms with Crippen molar-refractivity contribution < 1.29 is 0 Å². The first-order valence-corrected chi connectivity index (χ1v) is 8.15. The van der Waals surface area contributed by atoms with Crippen LogP contribution in [0.3, 0.4) is 0 Å². The Hall–Kier alpha value is -0.303. The first-order valence-electron chi connectivity index (χ1n) is 4.65. The van der Waals surface area contributed by atoms with E-state index in [1.807, 2.05) is 0 Å². The highest BCUT2D eigenvalue weighted by Gasteiger charge is 2.27. The van der Waals surface area contributed by atoms with Gasteiger partial charge in [0.2, 0.25) is 0 Å². The molecule has 0 aromatic rings. The van der Waals surface area contributed by atoms with E-state index in [0.29, 0.717) is 5.92 Å². The fourth-order valence-electron chi connectivity index (χ4n) is 1.73. The maximum atomic E-state index is 3.60. The van der Waals surface area contributed by atoms with Crippen LogP contribution in [0.5, 0.6) is 0 Å². The Morgan fingerprint density at radius 1 is 1.17 bits per heavy atom. The van der Waals surface area contributed by atoms with E-state index < -0.39 is 8.07 Å². The molecule has 1 aliphatic rings. The summed E-state index contributed by atoms with van der Waals surface area (Å²) in [4.78, 5) is 0. The van der Waals surface area contributed by atoms with Crippen LogP contribution in [0.25, 0.3) is 0 Å². The summed E-state index contributed by atoms with van der Waals surface area (Å²) in [6, 6.07) is 0. The van der Waals surface area contributed by atoms with Gasteiger partial charge in [-0.05, 0) is 19.9 Å². The van der Waals surface area contributed by atoms with Crippen molar-refractivity contribution in [3.05, 3.63) is 22.4 Å². The Bertz CT molecular complexity index is 251. The second-order valence-electron chi connectivity index (χ2n) is 4.80. The molecule has 1 unspecified atom stereocenters. The summed E-state index contributed by atoms with van der Waals surface area (Å²) in [6.45, 7) is 13.9. The highest BCUT2D eigenvalue weighted by atomic mass is 28.3. The van der Waals surface area contributed by atoms with Gasteiger partial charge in [0.05, 0.1) is 8.07 Å². The Labute approximate surface area is 77.4 Å². The van der Waals surface area contributed by atoms with Gasteiger partial charge >= 0.3 is 0 Å². The number of rotatable bonds is 1. The van der Waals surface area contributed by atoms with Gasteiger partial charge in [0.15, 0.2) is 0 Å². The quantitative estimate of drug-likeness (QED) is 0.540. The Morgan fingerprint density at radius 2 is 1.67 bits per heavy atom. The third-order valence-corrected chi connectivity index (χ3v) is 4.75. The zero-order valence-electron chi connectivity index (χ0n) is 9.08. The van der Waals surface area contributed by atoms with Crippen LogP contribution in [-0.4, -0.2) is 8.07 Å². The standard InChI is InChI=1S/C11H19Si/c1-8-7-11(12(4,5)6)10(3)9(8)2/h8H,1-6H3. The van der Waals surface area contributed by atoms with Crippen LogP contribution in [0.2, 0.25) is 19.6 Å². The molecule has 0 N–H and O–H groups in total. The van der Waals surface area contributed by atoms with Gasteiger partial charge in [-0.15, -0.1) is 0 Å². The van der Waals surface area contributed by atoms with E-state index in [2.05, 4.69) is 46.5 Å². The van der Waals surface area contributed by atoms with Gasteiger partial charge in [-0.25, -0.2) is 0 Å². The van der Waals surface area contributed by atoms with E-state index in [9.17, 15) is 0 Å². The van der Waals surface area contributed by atoms with Crippen molar-refractivity contribution in [2.75, 3.05) is 0 Å². The molecule has 1 atom stereocenters. The van der Waals surface area contributed by atoms with Crippen LogP contribution < -0.4 is 0 Å². The topological polar surface area (TPSA) is 0 Å². The maximum absolute atomic E-state index is 3.60. The molecule has 0 heterocycles. The normalized spacial score (nSPS) is 24.8. The molecule has 0 nitrogen and oxygen atoms in total. The number of hydrogen-bond donors (Lipinski definition) is 0. The SMILES string of the molecule is CC1=C(C)C(C)[C]=C1[Si](C)(C)C. The van der Waals surface area contributed by atoms with Crippen molar-refractivity contribution in [3.8, 4) is 0 Å². The molecule has 1 radical (unpaired) electrons. The van der Waals surface area contributed by atoms with E-state index >= 15 is 0 Å². The first kappa shape index (κ1) is 9.78. The lowest BCUT2D eigenvalue weighted by Gasteiger charge is -2.19. The number of hydrogen-bond acceptors (Lipinski definition) is 0. The summed E-state index contributed by atoms with van der Waals surface area (Å²) in [7, 11) is -1.12. The lowest BCUT2D eigenvalue weighted by atomic mass is 10.1. The van der Waals surface area contributed by atoms with Crippen LogP contribution >= 0.6 is 0 Å².